The third-order valence-corrected chi connectivity index (χ3v) is 2.99. The van der Waals surface area contributed by atoms with Crippen LogP contribution in [0.5, 0.6) is 0 Å². The second kappa shape index (κ2) is 4.30. The summed E-state index contributed by atoms with van der Waals surface area (Å²) in [5.74, 6) is -0.676. The Morgan fingerprint density at radius 1 is 1.32 bits per heavy atom. The van der Waals surface area contributed by atoms with Crippen LogP contribution in [0.2, 0.25) is 0 Å². The molecule has 0 aliphatic carbocycles. The van der Waals surface area contributed by atoms with Gasteiger partial charge in [-0.2, -0.15) is 13.2 Å². The van der Waals surface area contributed by atoms with Crippen LogP contribution in [0.4, 0.5) is 13.2 Å². The SMILES string of the molecule is FC(F)(F)c1nnc2n1CCNC2c1cccnc1. The maximum absolute atomic E-state index is 12.8. The molecule has 0 bridgehead atoms. The number of hydrogen-bond acceptors (Lipinski definition) is 4. The minimum Gasteiger partial charge on any atom is -0.304 e. The standard InChI is InChI=1S/C11H10F3N5/c12-11(13,14)10-18-17-9-8(16-4-5-19(9)10)7-2-1-3-15-6-7/h1-3,6,8,16H,4-5H2. The van der Waals surface area contributed by atoms with E-state index in [1.165, 1.54) is 0 Å². The average Bonchev–Trinajstić information content (AvgIpc) is 2.83. The molecule has 5 nitrogen and oxygen atoms in total. The van der Waals surface area contributed by atoms with Crippen LogP contribution in [-0.4, -0.2) is 26.3 Å². The Kier molecular flexibility index (Phi) is 2.74. The highest BCUT2D eigenvalue weighted by Crippen LogP contribution is 2.31. The normalized spacial score (nSPS) is 19.2. The number of aromatic nitrogens is 4. The summed E-state index contributed by atoms with van der Waals surface area (Å²) in [5.41, 5.74) is 0.768. The van der Waals surface area contributed by atoms with Gasteiger partial charge in [-0.15, -0.1) is 10.2 Å². The molecular weight excluding hydrogens is 259 g/mol. The molecule has 0 saturated heterocycles. The quantitative estimate of drug-likeness (QED) is 0.850. The molecule has 19 heavy (non-hydrogen) atoms. The zero-order valence-electron chi connectivity index (χ0n) is 9.72. The number of alkyl halides is 3. The zero-order chi connectivity index (χ0) is 13.5. The number of fused-ring (bicyclic) bond motifs is 1. The maximum atomic E-state index is 12.8. The molecule has 0 saturated carbocycles. The van der Waals surface area contributed by atoms with E-state index in [2.05, 4.69) is 20.5 Å². The van der Waals surface area contributed by atoms with Crippen molar-refractivity contribution in [2.75, 3.05) is 6.54 Å². The van der Waals surface area contributed by atoms with Crippen molar-refractivity contribution in [3.05, 3.63) is 41.7 Å². The van der Waals surface area contributed by atoms with E-state index in [4.69, 9.17) is 0 Å². The second-order valence-electron chi connectivity index (χ2n) is 4.20. The monoisotopic (exact) mass is 269 g/mol. The molecule has 0 fully saturated rings. The maximum Gasteiger partial charge on any atom is 0.451 e. The number of rotatable bonds is 1. The predicted octanol–water partition coefficient (Wildman–Crippen LogP) is 1.38. The van der Waals surface area contributed by atoms with Gasteiger partial charge in [0.1, 0.15) is 0 Å². The molecular formula is C11H10F3N5. The lowest BCUT2D eigenvalue weighted by Gasteiger charge is -2.25. The van der Waals surface area contributed by atoms with Crippen molar-refractivity contribution in [1.82, 2.24) is 25.1 Å². The predicted molar refractivity (Wildman–Crippen MR) is 59.1 cm³/mol. The molecule has 1 aliphatic rings. The topological polar surface area (TPSA) is 55.6 Å². The van der Waals surface area contributed by atoms with Gasteiger partial charge in [0, 0.05) is 25.5 Å². The first-order chi connectivity index (χ1) is 9.07. The Bertz CT molecular complexity index is 578. The lowest BCUT2D eigenvalue weighted by molar-refractivity contribution is -0.147. The van der Waals surface area contributed by atoms with Crippen LogP contribution in [0.1, 0.15) is 23.3 Å². The summed E-state index contributed by atoms with van der Waals surface area (Å²) in [4.78, 5) is 3.97. The van der Waals surface area contributed by atoms with Crippen LogP contribution in [-0.2, 0) is 12.7 Å². The highest BCUT2D eigenvalue weighted by molar-refractivity contribution is 5.23. The van der Waals surface area contributed by atoms with Gasteiger partial charge in [-0.05, 0) is 11.6 Å². The van der Waals surface area contributed by atoms with Crippen molar-refractivity contribution in [3.63, 3.8) is 0 Å². The van der Waals surface area contributed by atoms with E-state index in [1.807, 2.05) is 0 Å². The van der Waals surface area contributed by atoms with Crippen molar-refractivity contribution in [2.45, 2.75) is 18.8 Å². The molecule has 2 aromatic rings. The molecule has 0 aromatic carbocycles. The molecule has 8 heteroatoms. The molecule has 0 radical (unpaired) electrons. The van der Waals surface area contributed by atoms with E-state index >= 15 is 0 Å². The smallest absolute Gasteiger partial charge is 0.304 e. The molecule has 1 atom stereocenters. The number of hydrogen-bond donors (Lipinski definition) is 1. The van der Waals surface area contributed by atoms with Gasteiger partial charge in [0.05, 0.1) is 6.04 Å². The van der Waals surface area contributed by atoms with Crippen molar-refractivity contribution in [2.24, 2.45) is 0 Å². The summed E-state index contributed by atoms with van der Waals surface area (Å²) in [6, 6.07) is 3.12. The molecule has 1 unspecified atom stereocenters. The van der Waals surface area contributed by atoms with Gasteiger partial charge in [-0.25, -0.2) is 0 Å². The first-order valence-corrected chi connectivity index (χ1v) is 5.71. The fraction of sp³-hybridized carbons (Fsp3) is 0.364. The van der Waals surface area contributed by atoms with Crippen molar-refractivity contribution in [3.8, 4) is 0 Å². The van der Waals surface area contributed by atoms with Crippen LogP contribution in [0.15, 0.2) is 24.5 Å². The average molecular weight is 269 g/mol. The Balaban J connectivity index is 2.05. The Morgan fingerprint density at radius 3 is 2.84 bits per heavy atom. The fourth-order valence-electron chi connectivity index (χ4n) is 2.18. The van der Waals surface area contributed by atoms with Crippen molar-refractivity contribution in [1.29, 1.82) is 0 Å². The highest BCUT2D eigenvalue weighted by Gasteiger charge is 2.40. The summed E-state index contributed by atoms with van der Waals surface area (Å²) in [6.45, 7) is 0.627. The molecule has 1 aliphatic heterocycles. The minimum atomic E-state index is -4.48. The molecule has 0 spiro atoms. The lowest BCUT2D eigenvalue weighted by atomic mass is 10.1. The largest absolute Gasteiger partial charge is 0.451 e. The highest BCUT2D eigenvalue weighted by atomic mass is 19.4. The van der Waals surface area contributed by atoms with Gasteiger partial charge in [-0.3, -0.25) is 4.98 Å². The third-order valence-electron chi connectivity index (χ3n) is 2.99. The van der Waals surface area contributed by atoms with Gasteiger partial charge in [0.2, 0.25) is 5.82 Å². The van der Waals surface area contributed by atoms with Gasteiger partial charge in [0.25, 0.3) is 0 Å². The molecule has 100 valence electrons. The summed E-state index contributed by atoms with van der Waals surface area (Å²) in [6.07, 6.45) is -1.27. The third kappa shape index (κ3) is 2.07. The van der Waals surface area contributed by atoms with E-state index in [0.29, 0.717) is 6.54 Å². The van der Waals surface area contributed by atoms with Crippen LogP contribution in [0.3, 0.4) is 0 Å². The lowest BCUT2D eigenvalue weighted by Crippen LogP contribution is -2.35. The van der Waals surface area contributed by atoms with Gasteiger partial charge in [0.15, 0.2) is 5.82 Å². The van der Waals surface area contributed by atoms with E-state index in [0.717, 1.165) is 10.1 Å². The summed E-state index contributed by atoms with van der Waals surface area (Å²) in [7, 11) is 0. The van der Waals surface area contributed by atoms with E-state index in [9.17, 15) is 13.2 Å². The molecule has 0 amide bonds. The van der Waals surface area contributed by atoms with Gasteiger partial charge in [-0.1, -0.05) is 6.07 Å². The van der Waals surface area contributed by atoms with Crippen LogP contribution in [0, 0.1) is 0 Å². The first kappa shape index (κ1) is 12.1. The van der Waals surface area contributed by atoms with Crippen molar-refractivity contribution >= 4 is 0 Å². The van der Waals surface area contributed by atoms with E-state index in [-0.39, 0.29) is 12.4 Å². The molecule has 3 heterocycles. The van der Waals surface area contributed by atoms with Gasteiger partial charge >= 0.3 is 6.18 Å². The Hall–Kier alpha value is -1.96. The number of nitrogens with zero attached hydrogens (tertiary/aromatic N) is 4. The molecule has 2 aromatic heterocycles. The fourth-order valence-corrected chi connectivity index (χ4v) is 2.18. The zero-order valence-corrected chi connectivity index (χ0v) is 9.72. The summed E-state index contributed by atoms with van der Waals surface area (Å²) < 4.78 is 39.5. The summed E-state index contributed by atoms with van der Waals surface area (Å²) >= 11 is 0. The van der Waals surface area contributed by atoms with E-state index in [1.54, 1.807) is 24.5 Å². The van der Waals surface area contributed by atoms with Gasteiger partial charge < -0.3 is 9.88 Å². The van der Waals surface area contributed by atoms with Crippen LogP contribution >= 0.6 is 0 Å². The Morgan fingerprint density at radius 2 is 2.16 bits per heavy atom. The van der Waals surface area contributed by atoms with E-state index < -0.39 is 18.0 Å². The second-order valence-corrected chi connectivity index (χ2v) is 4.20. The van der Waals surface area contributed by atoms with Crippen molar-refractivity contribution < 1.29 is 13.2 Å². The van der Waals surface area contributed by atoms with Crippen LogP contribution in [0.25, 0.3) is 0 Å². The van der Waals surface area contributed by atoms with Crippen LogP contribution < -0.4 is 5.32 Å². The minimum absolute atomic E-state index is 0.202. The number of nitrogens with one attached hydrogen (secondary N) is 1. The number of pyridine rings is 1. The number of halogens is 3. The summed E-state index contributed by atoms with van der Waals surface area (Å²) in [5, 5.41) is 10.1. The molecule has 1 N–H and O–H groups in total. The Labute approximate surface area is 106 Å². The first-order valence-electron chi connectivity index (χ1n) is 5.71. The molecule has 3 rings (SSSR count).